The number of pyridine rings is 2. The van der Waals surface area contributed by atoms with Gasteiger partial charge in [-0.3, -0.25) is 4.79 Å². The summed E-state index contributed by atoms with van der Waals surface area (Å²) in [5, 5.41) is 3.33. The van der Waals surface area contributed by atoms with E-state index in [1.165, 1.54) is 12.4 Å². The molecule has 0 aliphatic heterocycles. The summed E-state index contributed by atoms with van der Waals surface area (Å²) < 4.78 is 0. The highest BCUT2D eigenvalue weighted by Gasteiger charge is 2.12. The first-order valence-corrected chi connectivity index (χ1v) is 6.31. The van der Waals surface area contributed by atoms with Gasteiger partial charge in [0.15, 0.2) is 5.82 Å². The molecule has 100 valence electrons. The molecule has 0 saturated heterocycles. The number of carbonyl (C=O) groups excluding carboxylic acids is 1. The highest BCUT2D eigenvalue weighted by molar-refractivity contribution is 6.30. The highest BCUT2D eigenvalue weighted by atomic mass is 35.5. The molecule has 2 N–H and O–H groups in total. The Kier molecular flexibility index (Phi) is 3.25. The molecule has 0 aliphatic rings. The number of nitrogens with zero attached hydrogens (tertiary/aromatic N) is 3. The van der Waals surface area contributed by atoms with Crippen LogP contribution in [0.25, 0.3) is 11.0 Å². The number of aromatic amines is 1. The lowest BCUT2D eigenvalue weighted by Crippen LogP contribution is -2.13. The number of imidazole rings is 1. The van der Waals surface area contributed by atoms with Crippen molar-refractivity contribution < 1.29 is 4.79 Å². The van der Waals surface area contributed by atoms with Crippen molar-refractivity contribution in [1.82, 2.24) is 19.9 Å². The van der Waals surface area contributed by atoms with Gasteiger partial charge in [0.25, 0.3) is 5.91 Å². The maximum Gasteiger partial charge on any atom is 0.291 e. The van der Waals surface area contributed by atoms with E-state index in [1.807, 2.05) is 0 Å². The third-order valence-corrected chi connectivity index (χ3v) is 2.96. The van der Waals surface area contributed by atoms with Crippen LogP contribution in [0.5, 0.6) is 0 Å². The second-order valence-electron chi connectivity index (χ2n) is 3.93. The molecule has 1 amide bonds. The second-order valence-corrected chi connectivity index (χ2v) is 4.71. The standard InChI is InChI=1S/C12H7Cl2N5O/c13-9-2-1-6(4-15-9)17-12(20)11-18-7-3-10(14)16-5-8(7)19-11/h1-5H,(H,17,20)(H,18,19). The minimum Gasteiger partial charge on any atom is -0.333 e. The molecule has 0 bridgehead atoms. The fourth-order valence-electron chi connectivity index (χ4n) is 1.63. The highest BCUT2D eigenvalue weighted by Crippen LogP contribution is 2.15. The van der Waals surface area contributed by atoms with E-state index in [-0.39, 0.29) is 11.7 Å². The van der Waals surface area contributed by atoms with E-state index in [1.54, 1.807) is 18.2 Å². The van der Waals surface area contributed by atoms with Crippen LogP contribution in [-0.4, -0.2) is 25.8 Å². The number of halogens is 2. The van der Waals surface area contributed by atoms with Gasteiger partial charge in [-0.25, -0.2) is 15.0 Å². The predicted molar refractivity (Wildman–Crippen MR) is 76.1 cm³/mol. The Balaban J connectivity index is 1.86. The molecule has 8 heteroatoms. The van der Waals surface area contributed by atoms with E-state index in [0.717, 1.165) is 0 Å². The summed E-state index contributed by atoms with van der Waals surface area (Å²) in [6.45, 7) is 0. The van der Waals surface area contributed by atoms with Gasteiger partial charge in [-0.1, -0.05) is 23.2 Å². The number of amides is 1. The normalized spacial score (nSPS) is 10.7. The van der Waals surface area contributed by atoms with Gasteiger partial charge in [-0.15, -0.1) is 0 Å². The van der Waals surface area contributed by atoms with Gasteiger partial charge in [-0.2, -0.15) is 0 Å². The van der Waals surface area contributed by atoms with Crippen molar-refractivity contribution in [2.75, 3.05) is 5.32 Å². The van der Waals surface area contributed by atoms with Crippen LogP contribution in [0.3, 0.4) is 0 Å². The Labute approximate surface area is 123 Å². The van der Waals surface area contributed by atoms with Crippen molar-refractivity contribution in [2.24, 2.45) is 0 Å². The Bertz CT molecular complexity index is 784. The molecule has 0 aromatic carbocycles. The fourth-order valence-corrected chi connectivity index (χ4v) is 1.90. The van der Waals surface area contributed by atoms with E-state index in [4.69, 9.17) is 23.2 Å². The summed E-state index contributed by atoms with van der Waals surface area (Å²) in [7, 11) is 0. The summed E-state index contributed by atoms with van der Waals surface area (Å²) in [4.78, 5) is 26.8. The Hall–Kier alpha value is -2.18. The van der Waals surface area contributed by atoms with E-state index in [9.17, 15) is 4.79 Å². The lowest BCUT2D eigenvalue weighted by atomic mass is 10.4. The van der Waals surface area contributed by atoms with Gasteiger partial charge < -0.3 is 10.3 Å². The van der Waals surface area contributed by atoms with Crippen LogP contribution >= 0.6 is 23.2 Å². The molecule has 0 aliphatic carbocycles. The number of hydrogen-bond donors (Lipinski definition) is 2. The SMILES string of the molecule is O=C(Nc1ccc(Cl)nc1)c1nc2cc(Cl)ncc2[nH]1. The third kappa shape index (κ3) is 2.56. The van der Waals surface area contributed by atoms with Crippen molar-refractivity contribution >= 4 is 45.8 Å². The number of rotatable bonds is 2. The summed E-state index contributed by atoms with van der Waals surface area (Å²) >= 11 is 11.4. The minimum absolute atomic E-state index is 0.166. The number of H-pyrrole nitrogens is 1. The number of fused-ring (bicyclic) bond motifs is 1. The first-order valence-electron chi connectivity index (χ1n) is 5.56. The maximum atomic E-state index is 12.0. The monoisotopic (exact) mass is 307 g/mol. The molecule has 3 heterocycles. The molecule has 20 heavy (non-hydrogen) atoms. The van der Waals surface area contributed by atoms with Gasteiger partial charge >= 0.3 is 0 Å². The quantitative estimate of drug-likeness (QED) is 0.713. The summed E-state index contributed by atoms with van der Waals surface area (Å²) in [5.41, 5.74) is 1.73. The van der Waals surface area contributed by atoms with Crippen LogP contribution in [0, 0.1) is 0 Å². The van der Waals surface area contributed by atoms with Gasteiger partial charge in [0.1, 0.15) is 10.3 Å². The number of carbonyl (C=O) groups is 1. The first kappa shape index (κ1) is 12.8. The maximum absolute atomic E-state index is 12.0. The fraction of sp³-hybridized carbons (Fsp3) is 0. The second kappa shape index (κ2) is 5.07. The Morgan fingerprint density at radius 1 is 1.15 bits per heavy atom. The number of nitrogens with one attached hydrogen (secondary N) is 2. The number of aromatic nitrogens is 4. The molecule has 6 nitrogen and oxygen atoms in total. The third-order valence-electron chi connectivity index (χ3n) is 2.53. The topological polar surface area (TPSA) is 83.6 Å². The van der Waals surface area contributed by atoms with Gasteiger partial charge in [0.2, 0.25) is 0 Å². The molecule has 0 unspecified atom stereocenters. The van der Waals surface area contributed by atoms with Crippen LogP contribution in [0.2, 0.25) is 10.3 Å². The molecule has 3 aromatic heterocycles. The average molecular weight is 308 g/mol. The molecule has 0 radical (unpaired) electrons. The summed E-state index contributed by atoms with van der Waals surface area (Å²) in [5.74, 6) is -0.222. The van der Waals surface area contributed by atoms with Gasteiger partial charge in [0, 0.05) is 6.07 Å². The number of anilines is 1. The zero-order valence-corrected chi connectivity index (χ0v) is 11.4. The van der Waals surface area contributed by atoms with Crippen LogP contribution in [0.1, 0.15) is 10.6 Å². The molecular weight excluding hydrogens is 301 g/mol. The molecule has 0 spiro atoms. The molecule has 0 fully saturated rings. The summed E-state index contributed by atoms with van der Waals surface area (Å²) in [6.07, 6.45) is 2.98. The van der Waals surface area contributed by atoms with Gasteiger partial charge in [0.05, 0.1) is 29.1 Å². The smallest absolute Gasteiger partial charge is 0.291 e. The first-order chi connectivity index (χ1) is 9.61. The van der Waals surface area contributed by atoms with Crippen LogP contribution in [-0.2, 0) is 0 Å². The molecular formula is C12H7Cl2N5O. The van der Waals surface area contributed by atoms with Crippen molar-refractivity contribution in [3.63, 3.8) is 0 Å². The molecule has 3 aromatic rings. The van der Waals surface area contributed by atoms with E-state index in [0.29, 0.717) is 27.0 Å². The zero-order chi connectivity index (χ0) is 14.1. The average Bonchev–Trinajstić information content (AvgIpc) is 2.84. The number of hydrogen-bond acceptors (Lipinski definition) is 4. The Morgan fingerprint density at radius 3 is 2.70 bits per heavy atom. The molecule has 3 rings (SSSR count). The van der Waals surface area contributed by atoms with Crippen molar-refractivity contribution in [3.05, 3.63) is 46.7 Å². The largest absolute Gasteiger partial charge is 0.333 e. The van der Waals surface area contributed by atoms with Gasteiger partial charge in [-0.05, 0) is 12.1 Å². The van der Waals surface area contributed by atoms with Crippen LogP contribution in [0.4, 0.5) is 5.69 Å². The lowest BCUT2D eigenvalue weighted by Gasteiger charge is -2.01. The summed E-state index contributed by atoms with van der Waals surface area (Å²) in [6, 6.07) is 4.81. The predicted octanol–water partition coefficient (Wildman–Crippen LogP) is 2.91. The van der Waals surface area contributed by atoms with Crippen LogP contribution in [0.15, 0.2) is 30.6 Å². The molecule has 0 atom stereocenters. The van der Waals surface area contributed by atoms with Crippen molar-refractivity contribution in [1.29, 1.82) is 0 Å². The van der Waals surface area contributed by atoms with E-state index < -0.39 is 0 Å². The van der Waals surface area contributed by atoms with E-state index >= 15 is 0 Å². The molecule has 0 saturated carbocycles. The van der Waals surface area contributed by atoms with E-state index in [2.05, 4.69) is 25.3 Å². The minimum atomic E-state index is -0.388. The zero-order valence-electron chi connectivity index (χ0n) is 9.89. The Morgan fingerprint density at radius 2 is 1.95 bits per heavy atom. The van der Waals surface area contributed by atoms with Crippen LogP contribution < -0.4 is 5.32 Å². The van der Waals surface area contributed by atoms with Crippen molar-refractivity contribution in [3.8, 4) is 0 Å². The van der Waals surface area contributed by atoms with Crippen molar-refractivity contribution in [2.45, 2.75) is 0 Å². The lowest BCUT2D eigenvalue weighted by molar-refractivity contribution is 0.101.